The summed E-state index contributed by atoms with van der Waals surface area (Å²) in [5, 5.41) is 0. The van der Waals surface area contributed by atoms with E-state index < -0.39 is 11.7 Å². The highest BCUT2D eigenvalue weighted by Gasteiger charge is 2.32. The molecule has 0 saturated carbocycles. The predicted octanol–water partition coefficient (Wildman–Crippen LogP) is 2.14. The van der Waals surface area contributed by atoms with Gasteiger partial charge >= 0.3 is 6.18 Å². The normalized spacial score (nSPS) is 29.2. The molecule has 0 saturated heterocycles. The maximum Gasteiger partial charge on any atom is 0.417 e. The van der Waals surface area contributed by atoms with E-state index in [1.807, 2.05) is 0 Å². The quantitative estimate of drug-likeness (QED) is 0.624. The molecule has 13 heavy (non-hydrogen) atoms. The molecular weight excluding hydrogens is 181 g/mol. The van der Waals surface area contributed by atoms with Gasteiger partial charge in [0.2, 0.25) is 0 Å². The number of alkyl halides is 3. The number of halogens is 3. The monoisotopic (exact) mass is 190 g/mol. The van der Waals surface area contributed by atoms with Crippen LogP contribution in [0.5, 0.6) is 0 Å². The summed E-state index contributed by atoms with van der Waals surface area (Å²) in [7, 11) is 0. The molecular formula is C8H9F3N2. The van der Waals surface area contributed by atoms with Gasteiger partial charge in [-0.05, 0) is 18.9 Å². The lowest BCUT2D eigenvalue weighted by atomic mass is 10.1. The van der Waals surface area contributed by atoms with E-state index in [4.69, 9.17) is 5.73 Å². The Kier molecular flexibility index (Phi) is 2.75. The highest BCUT2D eigenvalue weighted by atomic mass is 19.4. The zero-order chi connectivity index (χ0) is 9.90. The fraction of sp³-hybridized carbons (Fsp3) is 0.375. The summed E-state index contributed by atoms with van der Waals surface area (Å²) in [6, 6.07) is 0. The van der Waals surface area contributed by atoms with Gasteiger partial charge in [-0.1, -0.05) is 6.08 Å². The lowest BCUT2D eigenvalue weighted by Crippen LogP contribution is -2.14. The van der Waals surface area contributed by atoms with Crippen molar-refractivity contribution in [3.8, 4) is 0 Å². The van der Waals surface area contributed by atoms with E-state index in [1.165, 1.54) is 0 Å². The molecule has 72 valence electrons. The third-order valence-electron chi connectivity index (χ3n) is 1.56. The van der Waals surface area contributed by atoms with Crippen molar-refractivity contribution in [3.05, 3.63) is 23.5 Å². The Labute approximate surface area is 73.6 Å². The lowest BCUT2D eigenvalue weighted by molar-refractivity contribution is -0.0858. The molecule has 0 fully saturated rings. The predicted molar refractivity (Wildman–Crippen MR) is 44.1 cm³/mol. The average Bonchev–Trinajstić information content (AvgIpc) is 1.94. The minimum Gasteiger partial charge on any atom is -0.384 e. The van der Waals surface area contributed by atoms with Gasteiger partial charge in [-0.2, -0.15) is 13.2 Å². The van der Waals surface area contributed by atoms with Crippen LogP contribution in [0.2, 0.25) is 0 Å². The second-order valence-corrected chi connectivity index (χ2v) is 2.62. The van der Waals surface area contributed by atoms with E-state index in [0.717, 1.165) is 12.3 Å². The summed E-state index contributed by atoms with van der Waals surface area (Å²) in [5.41, 5.74) is 4.55. The van der Waals surface area contributed by atoms with E-state index in [2.05, 4.69) is 4.99 Å². The van der Waals surface area contributed by atoms with Crippen LogP contribution in [0, 0.1) is 0 Å². The van der Waals surface area contributed by atoms with Crippen molar-refractivity contribution in [2.24, 2.45) is 10.7 Å². The molecule has 0 radical (unpaired) electrons. The van der Waals surface area contributed by atoms with Crippen molar-refractivity contribution in [3.63, 3.8) is 0 Å². The number of aliphatic imine (C=N–C) groups is 1. The van der Waals surface area contributed by atoms with Gasteiger partial charge in [0, 0.05) is 6.21 Å². The van der Waals surface area contributed by atoms with E-state index >= 15 is 0 Å². The SMILES string of the molecule is NC1=C/CC/C=C(C(F)(F)F)/C=N\1. The minimum absolute atomic E-state index is 0.134. The fourth-order valence-corrected chi connectivity index (χ4v) is 0.908. The first-order valence-corrected chi connectivity index (χ1v) is 3.77. The summed E-state index contributed by atoms with van der Waals surface area (Å²) >= 11 is 0. The third kappa shape index (κ3) is 2.93. The van der Waals surface area contributed by atoms with Gasteiger partial charge in [0.05, 0.1) is 5.57 Å². The second kappa shape index (κ2) is 3.64. The Morgan fingerprint density at radius 2 is 1.85 bits per heavy atom. The first kappa shape index (κ1) is 9.83. The molecule has 0 atom stereocenters. The molecule has 0 aromatic heterocycles. The summed E-state index contributed by atoms with van der Waals surface area (Å²) < 4.78 is 36.5. The van der Waals surface area contributed by atoms with Crippen molar-refractivity contribution in [1.29, 1.82) is 0 Å². The molecule has 1 rings (SSSR count). The van der Waals surface area contributed by atoms with Crippen molar-refractivity contribution < 1.29 is 13.2 Å². The van der Waals surface area contributed by atoms with Crippen LogP contribution in [-0.2, 0) is 0 Å². The van der Waals surface area contributed by atoms with Gasteiger partial charge in [-0.15, -0.1) is 0 Å². The largest absolute Gasteiger partial charge is 0.417 e. The Balaban J connectivity index is 2.88. The third-order valence-corrected chi connectivity index (χ3v) is 1.56. The number of nitrogens with two attached hydrogens (primary N) is 1. The van der Waals surface area contributed by atoms with Gasteiger partial charge in [0.25, 0.3) is 0 Å². The summed E-state index contributed by atoms with van der Waals surface area (Å²) in [4.78, 5) is 3.46. The summed E-state index contributed by atoms with van der Waals surface area (Å²) in [6.45, 7) is 0. The van der Waals surface area contributed by atoms with Crippen molar-refractivity contribution >= 4 is 6.21 Å². The van der Waals surface area contributed by atoms with E-state index in [9.17, 15) is 13.2 Å². The van der Waals surface area contributed by atoms with Crippen molar-refractivity contribution in [2.45, 2.75) is 19.0 Å². The molecule has 1 aliphatic rings. The Bertz CT molecular complexity index is 274. The molecule has 0 amide bonds. The molecule has 0 aliphatic carbocycles. The van der Waals surface area contributed by atoms with Crippen LogP contribution in [0.3, 0.4) is 0 Å². The van der Waals surface area contributed by atoms with Crippen LogP contribution < -0.4 is 5.73 Å². The highest BCUT2D eigenvalue weighted by molar-refractivity contribution is 5.81. The first-order valence-electron chi connectivity index (χ1n) is 3.77. The van der Waals surface area contributed by atoms with Gasteiger partial charge in [-0.25, -0.2) is 4.99 Å². The highest BCUT2D eigenvalue weighted by Crippen LogP contribution is 2.25. The van der Waals surface area contributed by atoms with Crippen LogP contribution >= 0.6 is 0 Å². The van der Waals surface area contributed by atoms with Gasteiger partial charge < -0.3 is 5.73 Å². The number of hydrogen-bond donors (Lipinski definition) is 1. The van der Waals surface area contributed by atoms with Crippen LogP contribution in [-0.4, -0.2) is 12.4 Å². The molecule has 0 unspecified atom stereocenters. The molecule has 2 N–H and O–H groups in total. The van der Waals surface area contributed by atoms with Gasteiger partial charge in [0.15, 0.2) is 0 Å². The number of hydrogen-bond acceptors (Lipinski definition) is 2. The topological polar surface area (TPSA) is 38.4 Å². The van der Waals surface area contributed by atoms with E-state index in [0.29, 0.717) is 12.8 Å². The fourth-order valence-electron chi connectivity index (χ4n) is 0.908. The Morgan fingerprint density at radius 1 is 1.23 bits per heavy atom. The Hall–Kier alpha value is -1.26. The van der Waals surface area contributed by atoms with Crippen LogP contribution in [0.4, 0.5) is 13.2 Å². The van der Waals surface area contributed by atoms with Gasteiger partial charge in [0.1, 0.15) is 5.82 Å². The number of allylic oxidation sites excluding steroid dienone is 3. The second-order valence-electron chi connectivity index (χ2n) is 2.62. The molecule has 5 heteroatoms. The molecule has 2 nitrogen and oxygen atoms in total. The van der Waals surface area contributed by atoms with Crippen molar-refractivity contribution in [2.75, 3.05) is 0 Å². The van der Waals surface area contributed by atoms with Crippen molar-refractivity contribution in [1.82, 2.24) is 0 Å². The molecule has 1 aliphatic heterocycles. The van der Waals surface area contributed by atoms with Gasteiger partial charge in [-0.3, -0.25) is 0 Å². The maximum absolute atomic E-state index is 12.2. The molecule has 0 aromatic rings. The van der Waals surface area contributed by atoms with Crippen LogP contribution in [0.1, 0.15) is 12.8 Å². The first-order chi connectivity index (χ1) is 6.00. The summed E-state index contributed by atoms with van der Waals surface area (Å²) in [6.07, 6.45) is -0.0387. The van der Waals surface area contributed by atoms with E-state index in [-0.39, 0.29) is 5.82 Å². The lowest BCUT2D eigenvalue weighted by Gasteiger charge is -2.08. The minimum atomic E-state index is -4.33. The maximum atomic E-state index is 12.2. The standard InChI is InChI=1S/C8H9F3N2/c9-8(10,11)6-3-1-2-4-7(12)13-5-6/h3-5H,1-2,12H2/b6-3-,7-4-,13-5-. The number of nitrogens with zero attached hydrogens (tertiary/aromatic N) is 1. The zero-order valence-electron chi connectivity index (χ0n) is 6.80. The molecule has 0 bridgehead atoms. The van der Waals surface area contributed by atoms with Crippen LogP contribution in [0.25, 0.3) is 0 Å². The smallest absolute Gasteiger partial charge is 0.384 e. The zero-order valence-corrected chi connectivity index (χ0v) is 6.80. The van der Waals surface area contributed by atoms with Crippen LogP contribution in [0.15, 0.2) is 28.5 Å². The average molecular weight is 190 g/mol. The number of rotatable bonds is 0. The molecule has 1 heterocycles. The molecule has 0 spiro atoms. The van der Waals surface area contributed by atoms with E-state index in [1.54, 1.807) is 6.08 Å². The molecule has 0 aromatic carbocycles. The summed E-state index contributed by atoms with van der Waals surface area (Å²) in [5.74, 6) is 0.134. The Morgan fingerprint density at radius 3 is 2.46 bits per heavy atom.